The van der Waals surface area contributed by atoms with Crippen LogP contribution in [0.15, 0.2) is 47.5 Å². The summed E-state index contributed by atoms with van der Waals surface area (Å²) < 4.78 is 16.0. The third-order valence-corrected chi connectivity index (χ3v) is 4.53. The molecule has 0 saturated carbocycles. The molecule has 3 aromatic rings. The first-order valence-electron chi connectivity index (χ1n) is 6.45. The van der Waals surface area contributed by atoms with Crippen molar-refractivity contribution < 1.29 is 4.39 Å². The first-order valence-corrected chi connectivity index (χ1v) is 8.05. The van der Waals surface area contributed by atoms with Crippen molar-refractivity contribution >= 4 is 40.0 Å². The van der Waals surface area contributed by atoms with Gasteiger partial charge < -0.3 is 10.3 Å². The minimum atomic E-state index is -0.366. The summed E-state index contributed by atoms with van der Waals surface area (Å²) >= 11 is 7.49. The summed E-state index contributed by atoms with van der Waals surface area (Å²) in [5.74, 6) is -0.366. The lowest BCUT2D eigenvalue weighted by atomic mass is 10.2. The normalized spacial score (nSPS) is 11.2. The summed E-state index contributed by atoms with van der Waals surface area (Å²) in [5.41, 5.74) is 8.22. The number of benzene rings is 2. The average Bonchev–Trinajstić information content (AvgIpc) is 2.86. The summed E-state index contributed by atoms with van der Waals surface area (Å²) in [4.78, 5) is 1.12. The minimum absolute atomic E-state index is 0.147. The van der Waals surface area contributed by atoms with E-state index in [1.165, 1.54) is 0 Å². The van der Waals surface area contributed by atoms with E-state index in [1.807, 2.05) is 35.2 Å². The molecule has 3 rings (SSSR count). The molecule has 0 aliphatic heterocycles. The summed E-state index contributed by atoms with van der Waals surface area (Å²) in [6.07, 6.45) is 3.96. The number of aromatic nitrogens is 1. The van der Waals surface area contributed by atoms with Crippen molar-refractivity contribution in [2.75, 3.05) is 12.0 Å². The quantitative estimate of drug-likeness (QED) is 0.556. The van der Waals surface area contributed by atoms with Gasteiger partial charge in [-0.1, -0.05) is 23.7 Å². The maximum atomic E-state index is 14.0. The lowest BCUT2D eigenvalue weighted by Crippen LogP contribution is -2.01. The number of nitrogens with zero attached hydrogens (tertiary/aromatic N) is 1. The molecule has 108 valence electrons. The number of hydrogen-bond donors (Lipinski definition) is 1. The van der Waals surface area contributed by atoms with Crippen LogP contribution in [0.1, 0.15) is 5.56 Å². The maximum absolute atomic E-state index is 14.0. The Morgan fingerprint density at radius 3 is 2.86 bits per heavy atom. The molecule has 5 heteroatoms. The Bertz CT molecular complexity index is 813. The highest BCUT2D eigenvalue weighted by atomic mass is 35.5. The van der Waals surface area contributed by atoms with Crippen LogP contribution in [-0.4, -0.2) is 10.8 Å². The van der Waals surface area contributed by atoms with E-state index in [0.717, 1.165) is 15.8 Å². The third kappa shape index (κ3) is 2.61. The van der Waals surface area contributed by atoms with Gasteiger partial charge >= 0.3 is 0 Å². The zero-order valence-electron chi connectivity index (χ0n) is 11.4. The van der Waals surface area contributed by atoms with Crippen LogP contribution in [0, 0.1) is 5.82 Å². The molecule has 0 spiro atoms. The molecule has 0 aliphatic carbocycles. The molecular formula is C16H14ClFN2S. The topological polar surface area (TPSA) is 30.9 Å². The Morgan fingerprint density at radius 2 is 2.10 bits per heavy atom. The second-order valence-electron chi connectivity index (χ2n) is 4.81. The minimum Gasteiger partial charge on any atom is -0.399 e. The molecule has 0 fully saturated rings. The van der Waals surface area contributed by atoms with E-state index in [-0.39, 0.29) is 10.8 Å². The Balaban J connectivity index is 2.09. The predicted octanol–water partition coefficient (Wildman–Crippen LogP) is 4.79. The van der Waals surface area contributed by atoms with Gasteiger partial charge in [0.15, 0.2) is 0 Å². The van der Waals surface area contributed by atoms with Crippen LogP contribution in [0.3, 0.4) is 0 Å². The van der Waals surface area contributed by atoms with Crippen LogP contribution < -0.4 is 5.73 Å². The zero-order chi connectivity index (χ0) is 15.0. The van der Waals surface area contributed by atoms with Crippen molar-refractivity contribution in [2.24, 2.45) is 0 Å². The second-order valence-corrected chi connectivity index (χ2v) is 6.07. The van der Waals surface area contributed by atoms with E-state index in [4.69, 9.17) is 17.3 Å². The van der Waals surface area contributed by atoms with Crippen molar-refractivity contribution in [3.05, 3.63) is 59.0 Å². The molecule has 0 unspecified atom stereocenters. The molecule has 2 aromatic carbocycles. The molecule has 0 bridgehead atoms. The number of anilines is 1. The Kier molecular flexibility index (Phi) is 3.83. The number of nitrogens with two attached hydrogens (primary N) is 1. The van der Waals surface area contributed by atoms with Gasteiger partial charge in [-0.2, -0.15) is 0 Å². The summed E-state index contributed by atoms with van der Waals surface area (Å²) in [6, 6.07) is 11.0. The molecule has 1 heterocycles. The van der Waals surface area contributed by atoms with Gasteiger partial charge in [0.1, 0.15) is 5.82 Å². The van der Waals surface area contributed by atoms with E-state index < -0.39 is 0 Å². The first kappa shape index (κ1) is 14.3. The molecule has 0 atom stereocenters. The molecule has 2 nitrogen and oxygen atoms in total. The van der Waals surface area contributed by atoms with Gasteiger partial charge in [-0.05, 0) is 30.5 Å². The monoisotopic (exact) mass is 320 g/mol. The molecule has 0 saturated heterocycles. The SMILES string of the molecule is CSc1cc(N)cc2c1ccn2Cc1cccc(Cl)c1F. The number of thioether (sulfide) groups is 1. The van der Waals surface area contributed by atoms with Crippen LogP contribution in [-0.2, 0) is 6.54 Å². The molecule has 21 heavy (non-hydrogen) atoms. The van der Waals surface area contributed by atoms with Gasteiger partial charge in [-0.15, -0.1) is 11.8 Å². The van der Waals surface area contributed by atoms with Gasteiger partial charge in [0, 0.05) is 27.7 Å². The first-order chi connectivity index (χ1) is 10.1. The fourth-order valence-corrected chi connectivity index (χ4v) is 3.28. The third-order valence-electron chi connectivity index (χ3n) is 3.47. The average molecular weight is 321 g/mol. The van der Waals surface area contributed by atoms with Crippen molar-refractivity contribution in [3.8, 4) is 0 Å². The van der Waals surface area contributed by atoms with E-state index in [1.54, 1.807) is 30.0 Å². The number of nitrogen functional groups attached to an aromatic ring is 1. The van der Waals surface area contributed by atoms with Crippen molar-refractivity contribution in [1.29, 1.82) is 0 Å². The van der Waals surface area contributed by atoms with Gasteiger partial charge in [-0.25, -0.2) is 4.39 Å². The molecule has 2 N–H and O–H groups in total. The standard InChI is InChI=1S/C16H14ClFN2S/c1-21-15-8-11(19)7-14-12(15)5-6-20(14)9-10-3-2-4-13(17)16(10)18/h2-8H,9,19H2,1H3. The Morgan fingerprint density at radius 1 is 1.29 bits per heavy atom. The number of hydrogen-bond acceptors (Lipinski definition) is 2. The molecule has 0 aliphatic rings. The summed E-state index contributed by atoms with van der Waals surface area (Å²) in [6.45, 7) is 0.424. The highest BCUT2D eigenvalue weighted by Gasteiger charge is 2.10. The largest absolute Gasteiger partial charge is 0.399 e. The van der Waals surface area contributed by atoms with Crippen LogP contribution in [0.5, 0.6) is 0 Å². The number of rotatable bonds is 3. The smallest absolute Gasteiger partial charge is 0.146 e. The highest BCUT2D eigenvalue weighted by Crippen LogP contribution is 2.31. The fourth-order valence-electron chi connectivity index (χ4n) is 2.44. The van der Waals surface area contributed by atoms with Crippen molar-refractivity contribution in [2.45, 2.75) is 11.4 Å². The zero-order valence-corrected chi connectivity index (χ0v) is 13.0. The van der Waals surface area contributed by atoms with Crippen LogP contribution in [0.4, 0.5) is 10.1 Å². The van der Waals surface area contributed by atoms with E-state index >= 15 is 0 Å². The van der Waals surface area contributed by atoms with Gasteiger partial charge in [0.05, 0.1) is 17.1 Å². The van der Waals surface area contributed by atoms with Gasteiger partial charge in [-0.3, -0.25) is 0 Å². The lowest BCUT2D eigenvalue weighted by molar-refractivity contribution is 0.602. The predicted molar refractivity (Wildman–Crippen MR) is 88.6 cm³/mol. The highest BCUT2D eigenvalue weighted by molar-refractivity contribution is 7.98. The van der Waals surface area contributed by atoms with Crippen LogP contribution >= 0.6 is 23.4 Å². The molecule has 1 aromatic heterocycles. The van der Waals surface area contributed by atoms with E-state index in [0.29, 0.717) is 17.8 Å². The second kappa shape index (κ2) is 5.62. The van der Waals surface area contributed by atoms with Gasteiger partial charge in [0.2, 0.25) is 0 Å². The number of halogens is 2. The Hall–Kier alpha value is -1.65. The summed E-state index contributed by atoms with van der Waals surface area (Å²) in [5, 5.41) is 1.27. The summed E-state index contributed by atoms with van der Waals surface area (Å²) in [7, 11) is 0. The maximum Gasteiger partial charge on any atom is 0.146 e. The van der Waals surface area contributed by atoms with Crippen LogP contribution in [0.2, 0.25) is 5.02 Å². The van der Waals surface area contributed by atoms with Crippen molar-refractivity contribution in [3.63, 3.8) is 0 Å². The molecule has 0 radical (unpaired) electrons. The molecule has 0 amide bonds. The Labute approximate surface area is 131 Å². The lowest BCUT2D eigenvalue weighted by Gasteiger charge is -2.09. The van der Waals surface area contributed by atoms with E-state index in [9.17, 15) is 4.39 Å². The fraction of sp³-hybridized carbons (Fsp3) is 0.125. The number of fused-ring (bicyclic) bond motifs is 1. The molecular weight excluding hydrogens is 307 g/mol. The van der Waals surface area contributed by atoms with Gasteiger partial charge in [0.25, 0.3) is 0 Å². The van der Waals surface area contributed by atoms with E-state index in [2.05, 4.69) is 0 Å². The van der Waals surface area contributed by atoms with Crippen molar-refractivity contribution in [1.82, 2.24) is 4.57 Å². The van der Waals surface area contributed by atoms with Crippen LogP contribution in [0.25, 0.3) is 10.9 Å².